The summed E-state index contributed by atoms with van der Waals surface area (Å²) in [4.78, 5) is 35.1. The van der Waals surface area contributed by atoms with Crippen LogP contribution in [0.1, 0.15) is 36.2 Å². The third-order valence-corrected chi connectivity index (χ3v) is 3.81. The highest BCUT2D eigenvalue weighted by Gasteiger charge is 2.11. The van der Waals surface area contributed by atoms with Crippen molar-refractivity contribution in [2.24, 2.45) is 5.92 Å². The first kappa shape index (κ1) is 19.2. The van der Waals surface area contributed by atoms with Crippen molar-refractivity contribution >= 4 is 29.2 Å². The molecule has 0 saturated heterocycles. The molecule has 0 unspecified atom stereocenters. The van der Waals surface area contributed by atoms with Crippen molar-refractivity contribution < 1.29 is 19.5 Å². The van der Waals surface area contributed by atoms with Crippen molar-refractivity contribution in [2.45, 2.75) is 26.7 Å². The second-order valence-electron chi connectivity index (χ2n) is 6.24. The van der Waals surface area contributed by atoms with Crippen LogP contribution >= 0.6 is 0 Å². The molecule has 6 nitrogen and oxygen atoms in total. The number of amides is 2. The second-order valence-corrected chi connectivity index (χ2v) is 6.24. The van der Waals surface area contributed by atoms with Crippen LogP contribution < -0.4 is 10.6 Å². The molecule has 26 heavy (non-hydrogen) atoms. The van der Waals surface area contributed by atoms with Crippen LogP contribution in [0.2, 0.25) is 0 Å². The van der Waals surface area contributed by atoms with Crippen molar-refractivity contribution in [1.29, 1.82) is 0 Å². The van der Waals surface area contributed by atoms with E-state index in [2.05, 4.69) is 10.6 Å². The van der Waals surface area contributed by atoms with Gasteiger partial charge in [-0.1, -0.05) is 38.1 Å². The van der Waals surface area contributed by atoms with E-state index in [-0.39, 0.29) is 29.7 Å². The molecular weight excluding hydrogens is 332 g/mol. The lowest BCUT2D eigenvalue weighted by molar-refractivity contribution is -0.119. The van der Waals surface area contributed by atoms with E-state index in [0.29, 0.717) is 23.4 Å². The summed E-state index contributed by atoms with van der Waals surface area (Å²) in [6.07, 6.45) is 0.491. The number of rotatable bonds is 7. The van der Waals surface area contributed by atoms with Crippen molar-refractivity contribution in [2.75, 3.05) is 10.6 Å². The lowest BCUT2D eigenvalue weighted by atomic mass is 10.0. The first-order valence-electron chi connectivity index (χ1n) is 8.39. The Bertz CT molecular complexity index is 815. The van der Waals surface area contributed by atoms with Crippen LogP contribution in [0.15, 0.2) is 48.5 Å². The molecule has 2 aromatic carbocycles. The van der Waals surface area contributed by atoms with E-state index in [1.54, 1.807) is 56.3 Å². The van der Waals surface area contributed by atoms with Gasteiger partial charge in [0.15, 0.2) is 0 Å². The molecule has 0 aliphatic rings. The van der Waals surface area contributed by atoms with Gasteiger partial charge in [-0.25, -0.2) is 4.79 Å². The summed E-state index contributed by atoms with van der Waals surface area (Å²) < 4.78 is 0. The van der Waals surface area contributed by atoms with Crippen LogP contribution in [0.25, 0.3) is 0 Å². The quantitative estimate of drug-likeness (QED) is 0.708. The van der Waals surface area contributed by atoms with Gasteiger partial charge in [-0.2, -0.15) is 0 Å². The molecule has 0 spiro atoms. The largest absolute Gasteiger partial charge is 0.478 e. The number of nitrogens with one attached hydrogen (secondary N) is 2. The number of carboxylic acids is 1. The maximum absolute atomic E-state index is 12.2. The zero-order valence-corrected chi connectivity index (χ0v) is 14.8. The summed E-state index contributed by atoms with van der Waals surface area (Å²) in [6.45, 7) is 3.60. The molecule has 2 amide bonds. The summed E-state index contributed by atoms with van der Waals surface area (Å²) in [5.74, 6) is -1.46. The molecule has 0 fully saturated rings. The Morgan fingerprint density at radius 2 is 1.62 bits per heavy atom. The average Bonchev–Trinajstić information content (AvgIpc) is 2.60. The normalized spacial score (nSPS) is 10.4. The number of aromatic carboxylic acids is 1. The highest BCUT2D eigenvalue weighted by atomic mass is 16.4. The van der Waals surface area contributed by atoms with Gasteiger partial charge in [0.2, 0.25) is 11.8 Å². The smallest absolute Gasteiger partial charge is 0.335 e. The van der Waals surface area contributed by atoms with Crippen molar-refractivity contribution in [3.63, 3.8) is 0 Å². The standard InChI is InChI=1S/C20H22N2O4/c1-13(2)19(24)22-16-8-5-7-15(12-16)21-18(23)11-10-14-6-3-4-9-17(14)20(25)26/h3-9,12-13H,10-11H2,1-2H3,(H,21,23)(H,22,24)(H,25,26). The second kappa shape index (κ2) is 8.80. The van der Waals surface area contributed by atoms with E-state index in [9.17, 15) is 19.5 Å². The predicted octanol–water partition coefficient (Wildman–Crippen LogP) is 3.55. The van der Waals surface area contributed by atoms with Gasteiger partial charge in [0, 0.05) is 23.7 Å². The number of carboxylic acid groups (broad SMARTS) is 1. The van der Waals surface area contributed by atoms with Crippen LogP contribution in [0.4, 0.5) is 11.4 Å². The Hall–Kier alpha value is -3.15. The highest BCUT2D eigenvalue weighted by Crippen LogP contribution is 2.17. The molecule has 0 aliphatic carbocycles. The van der Waals surface area contributed by atoms with Gasteiger partial charge in [-0.3, -0.25) is 9.59 Å². The Kier molecular flexibility index (Phi) is 6.49. The Balaban J connectivity index is 1.96. The van der Waals surface area contributed by atoms with Gasteiger partial charge in [0.05, 0.1) is 5.56 Å². The van der Waals surface area contributed by atoms with Crippen molar-refractivity contribution in [3.8, 4) is 0 Å². The minimum absolute atomic E-state index is 0.0984. The van der Waals surface area contributed by atoms with E-state index >= 15 is 0 Å². The molecule has 2 aromatic rings. The third-order valence-electron chi connectivity index (χ3n) is 3.81. The Morgan fingerprint density at radius 3 is 2.27 bits per heavy atom. The van der Waals surface area contributed by atoms with Crippen molar-refractivity contribution in [3.05, 3.63) is 59.7 Å². The number of carbonyl (C=O) groups is 3. The van der Waals surface area contributed by atoms with E-state index in [0.717, 1.165) is 0 Å². The fourth-order valence-electron chi connectivity index (χ4n) is 2.38. The summed E-state index contributed by atoms with van der Waals surface area (Å²) in [5.41, 5.74) is 2.01. The van der Waals surface area contributed by atoms with Gasteiger partial charge < -0.3 is 15.7 Å². The summed E-state index contributed by atoms with van der Waals surface area (Å²) in [6, 6.07) is 13.5. The average molecular weight is 354 g/mol. The molecule has 3 N–H and O–H groups in total. The predicted molar refractivity (Wildman–Crippen MR) is 100 cm³/mol. The Morgan fingerprint density at radius 1 is 0.962 bits per heavy atom. The summed E-state index contributed by atoms with van der Waals surface area (Å²) in [7, 11) is 0. The fraction of sp³-hybridized carbons (Fsp3) is 0.250. The van der Waals surface area contributed by atoms with E-state index < -0.39 is 5.97 Å². The number of hydrogen-bond donors (Lipinski definition) is 3. The van der Waals surface area contributed by atoms with E-state index in [1.165, 1.54) is 6.07 Å². The molecule has 0 heterocycles. The number of hydrogen-bond acceptors (Lipinski definition) is 3. The molecular formula is C20H22N2O4. The van der Waals surface area contributed by atoms with Crippen LogP contribution in [0.3, 0.4) is 0 Å². The number of aryl methyl sites for hydroxylation is 1. The van der Waals surface area contributed by atoms with Gasteiger partial charge in [0.25, 0.3) is 0 Å². The number of anilines is 2. The molecule has 0 aromatic heterocycles. The lowest BCUT2D eigenvalue weighted by Gasteiger charge is -2.10. The van der Waals surface area contributed by atoms with Gasteiger partial charge in [0.1, 0.15) is 0 Å². The minimum atomic E-state index is -1.00. The molecule has 0 saturated carbocycles. The van der Waals surface area contributed by atoms with E-state index in [4.69, 9.17) is 0 Å². The lowest BCUT2D eigenvalue weighted by Crippen LogP contribution is -2.18. The molecule has 0 bridgehead atoms. The first-order valence-corrected chi connectivity index (χ1v) is 8.39. The number of benzene rings is 2. The zero-order valence-electron chi connectivity index (χ0n) is 14.8. The zero-order chi connectivity index (χ0) is 19.1. The molecule has 0 aliphatic heterocycles. The molecule has 2 rings (SSSR count). The maximum Gasteiger partial charge on any atom is 0.335 e. The van der Waals surface area contributed by atoms with E-state index in [1.807, 2.05) is 0 Å². The first-order chi connectivity index (χ1) is 12.4. The van der Waals surface area contributed by atoms with Crippen molar-refractivity contribution in [1.82, 2.24) is 0 Å². The van der Waals surface area contributed by atoms with Crippen LogP contribution in [0, 0.1) is 5.92 Å². The van der Waals surface area contributed by atoms with Gasteiger partial charge in [-0.15, -0.1) is 0 Å². The summed E-state index contributed by atoms with van der Waals surface area (Å²) in [5, 5.41) is 14.7. The van der Waals surface area contributed by atoms with Crippen LogP contribution in [-0.2, 0) is 16.0 Å². The fourth-order valence-corrected chi connectivity index (χ4v) is 2.38. The monoisotopic (exact) mass is 354 g/mol. The molecule has 136 valence electrons. The van der Waals surface area contributed by atoms with Crippen LogP contribution in [-0.4, -0.2) is 22.9 Å². The SMILES string of the molecule is CC(C)C(=O)Nc1cccc(NC(=O)CCc2ccccc2C(=O)O)c1. The number of carbonyl (C=O) groups excluding carboxylic acids is 2. The molecule has 0 atom stereocenters. The summed E-state index contributed by atoms with van der Waals surface area (Å²) >= 11 is 0. The van der Waals surface area contributed by atoms with Gasteiger partial charge >= 0.3 is 5.97 Å². The van der Waals surface area contributed by atoms with Gasteiger partial charge in [-0.05, 0) is 36.2 Å². The third kappa shape index (κ3) is 5.44. The Labute approximate surface area is 152 Å². The maximum atomic E-state index is 12.2. The molecule has 6 heteroatoms. The molecule has 0 radical (unpaired) electrons. The topological polar surface area (TPSA) is 95.5 Å². The highest BCUT2D eigenvalue weighted by molar-refractivity contribution is 5.95. The minimum Gasteiger partial charge on any atom is -0.478 e. The van der Waals surface area contributed by atoms with Crippen LogP contribution in [0.5, 0.6) is 0 Å².